The number of hydrogen-bond donors (Lipinski definition) is 1. The quantitative estimate of drug-likeness (QED) is 0.256. The van der Waals surface area contributed by atoms with Crippen molar-refractivity contribution in [2.24, 2.45) is 11.8 Å². The van der Waals surface area contributed by atoms with Crippen molar-refractivity contribution in [2.75, 3.05) is 19.8 Å². The van der Waals surface area contributed by atoms with E-state index in [9.17, 15) is 19.5 Å². The number of esters is 1. The lowest BCUT2D eigenvalue weighted by Crippen LogP contribution is -2.57. The molecule has 10 nitrogen and oxygen atoms in total. The van der Waals surface area contributed by atoms with E-state index in [1.165, 1.54) is 4.90 Å². The highest BCUT2D eigenvalue weighted by Crippen LogP contribution is 2.71. The van der Waals surface area contributed by atoms with Gasteiger partial charge in [0, 0.05) is 11.3 Å². The van der Waals surface area contributed by atoms with Gasteiger partial charge in [0.05, 0.1) is 41.4 Å². The fourth-order valence-corrected chi connectivity index (χ4v) is 8.95. The van der Waals surface area contributed by atoms with Gasteiger partial charge in [0.25, 0.3) is 0 Å². The van der Waals surface area contributed by atoms with Crippen molar-refractivity contribution >= 4 is 40.6 Å². The van der Waals surface area contributed by atoms with Gasteiger partial charge in [-0.15, -0.1) is 30.0 Å². The number of aromatic nitrogens is 3. The Morgan fingerprint density at radius 1 is 1.31 bits per heavy atom. The van der Waals surface area contributed by atoms with Gasteiger partial charge >= 0.3 is 5.97 Å². The third kappa shape index (κ3) is 4.26. The molecule has 3 aliphatic rings. The Kier molecular flexibility index (Phi) is 7.32. The summed E-state index contributed by atoms with van der Waals surface area (Å²) in [6.07, 6.45) is 5.14. The number of fused-ring (bicyclic) bond motifs is 2. The number of ether oxygens (including phenoxy) is 1. The molecule has 3 saturated heterocycles. The van der Waals surface area contributed by atoms with E-state index in [1.807, 2.05) is 31.2 Å². The van der Waals surface area contributed by atoms with Crippen LogP contribution in [0.4, 0.5) is 0 Å². The van der Waals surface area contributed by atoms with Crippen LogP contribution >= 0.6 is 11.8 Å². The van der Waals surface area contributed by atoms with Crippen molar-refractivity contribution in [3.05, 3.63) is 49.6 Å². The number of nitrogens with zero attached hydrogens (tertiary/aromatic N) is 5. The largest absolute Gasteiger partial charge is 0.465 e. The number of amides is 2. The molecule has 39 heavy (non-hydrogen) atoms. The van der Waals surface area contributed by atoms with Crippen molar-refractivity contribution in [1.29, 1.82) is 0 Å². The first-order valence-electron chi connectivity index (χ1n) is 13.3. The molecule has 1 spiro atoms. The maximum Gasteiger partial charge on any atom is 0.311 e. The number of likely N-dealkylation sites (tertiary alicyclic amines) is 1. The lowest BCUT2D eigenvalue weighted by atomic mass is 9.66. The van der Waals surface area contributed by atoms with Gasteiger partial charge in [-0.2, -0.15) is 0 Å². The fraction of sp³-hybridized carbons (Fsp3) is 0.536. The molecule has 0 radical (unpaired) electrons. The molecule has 3 aliphatic heterocycles. The number of thioether (sulfide) groups is 1. The van der Waals surface area contributed by atoms with E-state index < -0.39 is 39.4 Å². The van der Waals surface area contributed by atoms with E-state index in [-0.39, 0.29) is 38.2 Å². The van der Waals surface area contributed by atoms with E-state index in [1.54, 1.807) is 40.4 Å². The highest BCUT2D eigenvalue weighted by atomic mass is 32.2. The molecule has 1 aromatic carbocycles. The second kappa shape index (κ2) is 10.4. The van der Waals surface area contributed by atoms with Crippen LogP contribution in [0.3, 0.4) is 0 Å². The van der Waals surface area contributed by atoms with Crippen LogP contribution in [0.2, 0.25) is 0 Å². The van der Waals surface area contributed by atoms with Gasteiger partial charge in [-0.3, -0.25) is 14.4 Å². The molecule has 11 heteroatoms. The minimum Gasteiger partial charge on any atom is -0.465 e. The van der Waals surface area contributed by atoms with Gasteiger partial charge in [0.15, 0.2) is 0 Å². The maximum absolute atomic E-state index is 14.5. The molecule has 0 aliphatic carbocycles. The molecule has 2 amide bonds. The van der Waals surface area contributed by atoms with E-state index in [0.717, 1.165) is 5.52 Å². The fourth-order valence-electron chi connectivity index (χ4n) is 6.63. The summed E-state index contributed by atoms with van der Waals surface area (Å²) >= 11 is 1.57. The summed E-state index contributed by atoms with van der Waals surface area (Å²) in [4.78, 5) is 45.1. The third-order valence-electron chi connectivity index (χ3n) is 8.39. The molecule has 6 atom stereocenters. The number of aliphatic hydroxyl groups excluding tert-OH is 1. The Morgan fingerprint density at radius 2 is 2.08 bits per heavy atom. The number of hydrogen-bond acceptors (Lipinski definition) is 8. The molecule has 208 valence electrons. The summed E-state index contributed by atoms with van der Waals surface area (Å²) in [7, 11) is 0. The molecule has 0 saturated carbocycles. The summed E-state index contributed by atoms with van der Waals surface area (Å²) < 4.78 is 5.91. The Morgan fingerprint density at radius 3 is 2.79 bits per heavy atom. The van der Waals surface area contributed by atoms with Crippen LogP contribution in [-0.2, 0) is 25.8 Å². The molecule has 2 bridgehead atoms. The zero-order chi connectivity index (χ0) is 27.9. The summed E-state index contributed by atoms with van der Waals surface area (Å²) in [5, 5.41) is 18.6. The van der Waals surface area contributed by atoms with E-state index >= 15 is 0 Å². The Hall–Kier alpha value is -3.18. The lowest BCUT2D eigenvalue weighted by molar-refractivity contribution is -0.156. The normalized spacial score (nSPS) is 29.9. The van der Waals surface area contributed by atoms with Crippen molar-refractivity contribution in [3.8, 4) is 0 Å². The Bertz CT molecular complexity index is 1310. The number of carbonyl (C=O) groups is 3. The second-order valence-electron chi connectivity index (χ2n) is 10.8. The van der Waals surface area contributed by atoms with Gasteiger partial charge in [-0.1, -0.05) is 29.5 Å². The predicted octanol–water partition coefficient (Wildman–Crippen LogP) is 2.38. The number of carbonyl (C=O) groups excluding carboxylic acids is 3. The topological polar surface area (TPSA) is 118 Å². The van der Waals surface area contributed by atoms with Gasteiger partial charge < -0.3 is 19.6 Å². The first-order chi connectivity index (χ1) is 18.7. The van der Waals surface area contributed by atoms with Gasteiger partial charge in [-0.05, 0) is 45.2 Å². The van der Waals surface area contributed by atoms with Crippen LogP contribution < -0.4 is 0 Å². The lowest BCUT2D eigenvalue weighted by Gasteiger charge is -2.38. The van der Waals surface area contributed by atoms with E-state index in [4.69, 9.17) is 4.74 Å². The third-order valence-corrected chi connectivity index (χ3v) is 10.4. The molecule has 2 unspecified atom stereocenters. The highest BCUT2D eigenvalue weighted by Gasteiger charge is 2.78. The Balaban J connectivity index is 1.53. The highest BCUT2D eigenvalue weighted by molar-refractivity contribution is 8.02. The maximum atomic E-state index is 14.5. The number of benzene rings is 1. The zero-order valence-corrected chi connectivity index (χ0v) is 23.2. The van der Waals surface area contributed by atoms with E-state index in [2.05, 4.69) is 23.5 Å². The van der Waals surface area contributed by atoms with Crippen LogP contribution in [0.25, 0.3) is 11.0 Å². The SMILES string of the molecule is C=CCCOC(=O)[C@H]1[C@H]2C(=O)N([C@H](C)CO)C(C(=O)N(CC=C)Cn3nnc4ccccc43)C23CC[C@]1(C)S3. The first kappa shape index (κ1) is 27.4. The van der Waals surface area contributed by atoms with Crippen molar-refractivity contribution in [3.63, 3.8) is 0 Å². The van der Waals surface area contributed by atoms with Crippen LogP contribution in [0.15, 0.2) is 49.6 Å². The average molecular weight is 554 g/mol. The summed E-state index contributed by atoms with van der Waals surface area (Å²) in [5.41, 5.74) is 1.49. The van der Waals surface area contributed by atoms with Crippen LogP contribution in [0, 0.1) is 11.8 Å². The molecule has 4 heterocycles. The second-order valence-corrected chi connectivity index (χ2v) is 12.7. The monoisotopic (exact) mass is 553 g/mol. The van der Waals surface area contributed by atoms with Crippen molar-refractivity contribution in [2.45, 2.75) is 61.4 Å². The number of para-hydroxylation sites is 1. The zero-order valence-electron chi connectivity index (χ0n) is 22.4. The summed E-state index contributed by atoms with van der Waals surface area (Å²) in [5.74, 6) is -2.33. The molecular weight excluding hydrogens is 518 g/mol. The Labute approximate surface area is 232 Å². The van der Waals surface area contributed by atoms with Crippen molar-refractivity contribution in [1.82, 2.24) is 24.8 Å². The molecule has 1 aromatic heterocycles. The molecule has 3 fully saturated rings. The van der Waals surface area contributed by atoms with Crippen LogP contribution in [-0.4, -0.2) is 89.0 Å². The first-order valence-corrected chi connectivity index (χ1v) is 14.1. The molecule has 2 aromatic rings. The van der Waals surface area contributed by atoms with Crippen LogP contribution in [0.1, 0.15) is 33.1 Å². The van der Waals surface area contributed by atoms with Gasteiger partial charge in [0.2, 0.25) is 11.8 Å². The minimum absolute atomic E-state index is 0.118. The molecule has 1 N–H and O–H groups in total. The number of rotatable bonds is 11. The molecule has 5 rings (SSSR count). The predicted molar refractivity (Wildman–Crippen MR) is 147 cm³/mol. The number of aliphatic hydroxyl groups is 1. The van der Waals surface area contributed by atoms with E-state index in [0.29, 0.717) is 24.8 Å². The standard InChI is InChI=1S/C28H35N5O5S/c1-5-7-15-38-26(37)22-21-24(35)33(18(3)16-34)23(28(21)13-12-27(22,4)39-28)25(36)31(14-6-2)17-32-20-11-9-8-10-19(20)29-30-32/h5-6,8-11,18,21-23,34H,1-2,7,12-17H2,3-4H3/t18-,21+,22-,23?,27+,28?/m1/s1. The summed E-state index contributed by atoms with van der Waals surface area (Å²) in [6.45, 7) is 11.5. The molecular formula is C28H35N5O5S. The smallest absolute Gasteiger partial charge is 0.311 e. The average Bonchev–Trinajstić information content (AvgIpc) is 3.63. The minimum atomic E-state index is -0.857. The van der Waals surface area contributed by atoms with Gasteiger partial charge in [0.1, 0.15) is 18.2 Å². The summed E-state index contributed by atoms with van der Waals surface area (Å²) in [6, 6.07) is 6.04. The van der Waals surface area contributed by atoms with Crippen LogP contribution in [0.5, 0.6) is 0 Å². The van der Waals surface area contributed by atoms with Gasteiger partial charge in [-0.25, -0.2) is 4.68 Å². The van der Waals surface area contributed by atoms with Crippen molar-refractivity contribution < 1.29 is 24.2 Å².